The zero-order valence-corrected chi connectivity index (χ0v) is 10.4. The summed E-state index contributed by atoms with van der Waals surface area (Å²) < 4.78 is 32.3. The maximum Gasteiger partial charge on any atom is 0.131 e. The molecular weight excluding hydrogens is 250 g/mol. The van der Waals surface area contributed by atoms with Crippen LogP contribution in [0, 0.1) is 11.6 Å². The van der Waals surface area contributed by atoms with E-state index in [-0.39, 0.29) is 12.0 Å². The lowest BCUT2D eigenvalue weighted by Gasteiger charge is -2.15. The summed E-state index contributed by atoms with van der Waals surface area (Å²) in [5, 5.41) is 10.0. The van der Waals surface area contributed by atoms with E-state index in [1.165, 1.54) is 13.2 Å². The predicted octanol–water partition coefficient (Wildman–Crippen LogP) is 3.25. The van der Waals surface area contributed by atoms with Crippen molar-refractivity contribution in [1.29, 1.82) is 0 Å². The number of hydrogen-bond acceptors (Lipinski definition) is 2. The molecule has 100 valence electrons. The van der Waals surface area contributed by atoms with E-state index in [1.54, 1.807) is 24.3 Å². The molecule has 0 aliphatic carbocycles. The van der Waals surface area contributed by atoms with E-state index in [4.69, 9.17) is 4.74 Å². The Hall–Kier alpha value is -1.94. The van der Waals surface area contributed by atoms with Gasteiger partial charge in [0.15, 0.2) is 0 Å². The van der Waals surface area contributed by atoms with E-state index in [1.807, 2.05) is 0 Å². The molecule has 0 fully saturated rings. The van der Waals surface area contributed by atoms with Crippen LogP contribution < -0.4 is 4.74 Å². The number of aliphatic hydroxyl groups excluding tert-OH is 1. The van der Waals surface area contributed by atoms with Crippen LogP contribution in [-0.2, 0) is 6.42 Å². The number of para-hydroxylation sites is 1. The second kappa shape index (κ2) is 5.80. The summed E-state index contributed by atoms with van der Waals surface area (Å²) >= 11 is 0. The van der Waals surface area contributed by atoms with Crippen molar-refractivity contribution in [3.8, 4) is 5.75 Å². The Morgan fingerprint density at radius 3 is 2.32 bits per heavy atom. The van der Waals surface area contributed by atoms with Crippen LogP contribution in [0.1, 0.15) is 17.2 Å². The maximum atomic E-state index is 13.6. The molecule has 2 aromatic carbocycles. The van der Waals surface area contributed by atoms with Crippen molar-refractivity contribution in [3.63, 3.8) is 0 Å². The molecule has 0 spiro atoms. The standard InChI is InChI=1S/C15H14F2O2/c1-19-14-8-3-2-5-10(14)9-13(18)15-11(16)6-4-7-12(15)17/h2-8,13,18H,9H2,1H3. The van der Waals surface area contributed by atoms with E-state index in [0.29, 0.717) is 11.3 Å². The third kappa shape index (κ3) is 2.90. The van der Waals surface area contributed by atoms with Gasteiger partial charge in [-0.1, -0.05) is 24.3 Å². The number of hydrogen-bond donors (Lipinski definition) is 1. The van der Waals surface area contributed by atoms with E-state index < -0.39 is 17.7 Å². The summed E-state index contributed by atoms with van der Waals surface area (Å²) in [6.07, 6.45) is -1.17. The van der Waals surface area contributed by atoms with E-state index in [0.717, 1.165) is 12.1 Å². The Kier molecular flexibility index (Phi) is 4.12. The number of benzene rings is 2. The Balaban J connectivity index is 2.28. The fourth-order valence-electron chi connectivity index (χ4n) is 2.01. The van der Waals surface area contributed by atoms with Crippen molar-refractivity contribution < 1.29 is 18.6 Å². The van der Waals surface area contributed by atoms with Crippen LogP contribution in [0.5, 0.6) is 5.75 Å². The molecule has 2 aromatic rings. The van der Waals surface area contributed by atoms with Crippen molar-refractivity contribution in [3.05, 3.63) is 65.2 Å². The number of halogens is 2. The molecule has 0 aliphatic heterocycles. The first kappa shape index (κ1) is 13.5. The molecule has 0 aliphatic rings. The lowest BCUT2D eigenvalue weighted by Crippen LogP contribution is -2.08. The van der Waals surface area contributed by atoms with Crippen molar-refractivity contribution in [2.45, 2.75) is 12.5 Å². The quantitative estimate of drug-likeness (QED) is 0.918. The summed E-state index contributed by atoms with van der Waals surface area (Å²) in [4.78, 5) is 0. The molecule has 1 atom stereocenters. The Morgan fingerprint density at radius 2 is 1.68 bits per heavy atom. The van der Waals surface area contributed by atoms with Crippen LogP contribution in [0.25, 0.3) is 0 Å². The Morgan fingerprint density at radius 1 is 1.05 bits per heavy atom. The highest BCUT2D eigenvalue weighted by molar-refractivity contribution is 5.35. The van der Waals surface area contributed by atoms with Gasteiger partial charge in [-0.25, -0.2) is 8.78 Å². The highest BCUT2D eigenvalue weighted by Crippen LogP contribution is 2.27. The lowest BCUT2D eigenvalue weighted by molar-refractivity contribution is 0.167. The molecule has 0 radical (unpaired) electrons. The number of aliphatic hydroxyl groups is 1. The summed E-state index contributed by atoms with van der Waals surface area (Å²) in [7, 11) is 1.51. The van der Waals surface area contributed by atoms with Gasteiger partial charge in [-0.2, -0.15) is 0 Å². The van der Waals surface area contributed by atoms with E-state index in [2.05, 4.69) is 0 Å². The third-order valence-electron chi connectivity index (χ3n) is 2.94. The smallest absolute Gasteiger partial charge is 0.131 e. The molecule has 0 saturated heterocycles. The summed E-state index contributed by atoms with van der Waals surface area (Å²) in [5.74, 6) is -0.914. The van der Waals surface area contributed by atoms with Crippen molar-refractivity contribution >= 4 is 0 Å². The molecule has 19 heavy (non-hydrogen) atoms. The maximum absolute atomic E-state index is 13.6. The van der Waals surface area contributed by atoms with Crippen LogP contribution in [0.15, 0.2) is 42.5 Å². The molecule has 0 heterocycles. The first-order valence-corrected chi connectivity index (χ1v) is 5.87. The fraction of sp³-hybridized carbons (Fsp3) is 0.200. The molecule has 0 bridgehead atoms. The largest absolute Gasteiger partial charge is 0.496 e. The fourth-order valence-corrected chi connectivity index (χ4v) is 2.01. The minimum atomic E-state index is -1.25. The zero-order chi connectivity index (χ0) is 13.8. The van der Waals surface area contributed by atoms with Crippen LogP contribution in [0.4, 0.5) is 8.78 Å². The van der Waals surface area contributed by atoms with Gasteiger partial charge in [0.05, 0.1) is 18.8 Å². The number of methoxy groups -OCH3 is 1. The second-order valence-corrected chi connectivity index (χ2v) is 4.17. The monoisotopic (exact) mass is 264 g/mol. The Labute approximate surface area is 110 Å². The summed E-state index contributed by atoms with van der Waals surface area (Å²) in [6, 6.07) is 10.6. The topological polar surface area (TPSA) is 29.5 Å². The molecule has 1 N–H and O–H groups in total. The molecule has 0 saturated carbocycles. The van der Waals surface area contributed by atoms with Crippen molar-refractivity contribution in [2.24, 2.45) is 0 Å². The minimum Gasteiger partial charge on any atom is -0.496 e. The van der Waals surface area contributed by atoms with E-state index >= 15 is 0 Å². The zero-order valence-electron chi connectivity index (χ0n) is 10.4. The molecule has 0 amide bonds. The van der Waals surface area contributed by atoms with Crippen LogP contribution >= 0.6 is 0 Å². The van der Waals surface area contributed by atoms with Gasteiger partial charge in [-0.3, -0.25) is 0 Å². The van der Waals surface area contributed by atoms with Gasteiger partial charge in [-0.05, 0) is 23.8 Å². The van der Waals surface area contributed by atoms with Gasteiger partial charge in [-0.15, -0.1) is 0 Å². The van der Waals surface area contributed by atoms with Gasteiger partial charge >= 0.3 is 0 Å². The van der Waals surface area contributed by atoms with Crippen LogP contribution in [0.3, 0.4) is 0 Å². The minimum absolute atomic E-state index is 0.0852. The first-order valence-electron chi connectivity index (χ1n) is 5.87. The third-order valence-corrected chi connectivity index (χ3v) is 2.94. The van der Waals surface area contributed by atoms with Crippen LogP contribution in [0.2, 0.25) is 0 Å². The highest BCUT2D eigenvalue weighted by Gasteiger charge is 2.19. The summed E-state index contributed by atoms with van der Waals surface area (Å²) in [6.45, 7) is 0. The molecular formula is C15H14F2O2. The second-order valence-electron chi connectivity index (χ2n) is 4.17. The normalized spacial score (nSPS) is 12.2. The van der Waals surface area contributed by atoms with Gasteiger partial charge < -0.3 is 9.84 Å². The van der Waals surface area contributed by atoms with Gasteiger partial charge in [0, 0.05) is 6.42 Å². The summed E-state index contributed by atoms with van der Waals surface area (Å²) in [5.41, 5.74) is 0.383. The van der Waals surface area contributed by atoms with Crippen molar-refractivity contribution in [2.75, 3.05) is 7.11 Å². The molecule has 2 nitrogen and oxygen atoms in total. The van der Waals surface area contributed by atoms with Gasteiger partial charge in [0.2, 0.25) is 0 Å². The molecule has 2 rings (SSSR count). The average Bonchev–Trinajstić information content (AvgIpc) is 2.39. The molecule has 1 unspecified atom stereocenters. The van der Waals surface area contributed by atoms with Crippen LogP contribution in [-0.4, -0.2) is 12.2 Å². The molecule has 0 aromatic heterocycles. The van der Waals surface area contributed by atoms with Crippen molar-refractivity contribution in [1.82, 2.24) is 0 Å². The number of ether oxygens (including phenoxy) is 1. The van der Waals surface area contributed by atoms with Gasteiger partial charge in [0.25, 0.3) is 0 Å². The first-order chi connectivity index (χ1) is 9.13. The Bertz CT molecular complexity index is 550. The molecule has 4 heteroatoms. The SMILES string of the molecule is COc1ccccc1CC(O)c1c(F)cccc1F. The number of rotatable bonds is 4. The van der Waals surface area contributed by atoms with E-state index in [9.17, 15) is 13.9 Å². The lowest BCUT2D eigenvalue weighted by atomic mass is 10.00. The average molecular weight is 264 g/mol. The highest BCUT2D eigenvalue weighted by atomic mass is 19.1. The predicted molar refractivity (Wildman–Crippen MR) is 68.0 cm³/mol. The van der Waals surface area contributed by atoms with Gasteiger partial charge in [0.1, 0.15) is 17.4 Å².